The van der Waals surface area contributed by atoms with Gasteiger partial charge in [0, 0.05) is 13.0 Å². The topological polar surface area (TPSA) is 61.4 Å². The lowest BCUT2D eigenvalue weighted by atomic mass is 10.1. The maximum Gasteiger partial charge on any atom is 0.220 e. The van der Waals surface area contributed by atoms with Crippen LogP contribution in [-0.4, -0.2) is 24.6 Å². The van der Waals surface area contributed by atoms with E-state index in [2.05, 4.69) is 10.6 Å². The van der Waals surface area contributed by atoms with Crippen LogP contribution in [0.15, 0.2) is 24.3 Å². The van der Waals surface area contributed by atoms with Gasteiger partial charge in [0.1, 0.15) is 0 Å². The van der Waals surface area contributed by atoms with E-state index in [9.17, 15) is 4.79 Å². The fourth-order valence-corrected chi connectivity index (χ4v) is 1.59. The van der Waals surface area contributed by atoms with E-state index >= 15 is 0 Å². The van der Waals surface area contributed by atoms with Gasteiger partial charge in [-0.15, -0.1) is 12.4 Å². The van der Waals surface area contributed by atoms with Crippen molar-refractivity contribution in [2.45, 2.75) is 26.0 Å². The normalized spacial score (nSPS) is 9.67. The van der Waals surface area contributed by atoms with Gasteiger partial charge in [-0.1, -0.05) is 24.3 Å². The second-order valence-corrected chi connectivity index (χ2v) is 3.91. The van der Waals surface area contributed by atoms with Crippen LogP contribution in [0.2, 0.25) is 0 Å². The molecule has 0 spiro atoms. The van der Waals surface area contributed by atoms with Gasteiger partial charge in [0.05, 0.1) is 6.61 Å². The lowest BCUT2D eigenvalue weighted by molar-refractivity contribution is -0.121. The van der Waals surface area contributed by atoms with Gasteiger partial charge in [-0.05, 0) is 31.1 Å². The van der Waals surface area contributed by atoms with Crippen LogP contribution in [0, 0.1) is 0 Å². The molecule has 0 fully saturated rings. The molecular formula is C13H21ClN2O2. The molecule has 0 aromatic heterocycles. The molecule has 3 N–H and O–H groups in total. The zero-order valence-electron chi connectivity index (χ0n) is 10.6. The second kappa shape index (κ2) is 9.88. The van der Waals surface area contributed by atoms with Gasteiger partial charge in [-0.2, -0.15) is 0 Å². The summed E-state index contributed by atoms with van der Waals surface area (Å²) in [5.41, 5.74) is 1.83. The molecule has 1 aromatic carbocycles. The first-order valence-electron chi connectivity index (χ1n) is 5.87. The van der Waals surface area contributed by atoms with Gasteiger partial charge in [0.2, 0.25) is 5.91 Å². The number of hydrogen-bond acceptors (Lipinski definition) is 3. The van der Waals surface area contributed by atoms with Crippen molar-refractivity contribution in [2.75, 3.05) is 13.6 Å². The molecule has 1 amide bonds. The van der Waals surface area contributed by atoms with E-state index in [1.54, 1.807) is 0 Å². The number of carbonyl (C=O) groups excluding carboxylic acids is 1. The summed E-state index contributed by atoms with van der Waals surface area (Å²) in [6.45, 7) is 1.33. The maximum absolute atomic E-state index is 11.5. The van der Waals surface area contributed by atoms with Crippen molar-refractivity contribution < 1.29 is 9.90 Å². The summed E-state index contributed by atoms with van der Waals surface area (Å²) in [6, 6.07) is 7.56. The molecule has 0 radical (unpaired) electrons. The molecule has 5 heteroatoms. The van der Waals surface area contributed by atoms with Gasteiger partial charge in [0.15, 0.2) is 0 Å². The van der Waals surface area contributed by atoms with E-state index < -0.39 is 0 Å². The van der Waals surface area contributed by atoms with E-state index in [4.69, 9.17) is 5.11 Å². The van der Waals surface area contributed by atoms with Crippen LogP contribution in [0.1, 0.15) is 24.0 Å². The Bertz CT molecular complexity index is 359. The zero-order valence-corrected chi connectivity index (χ0v) is 11.4. The number of rotatable bonds is 7. The fraction of sp³-hybridized carbons (Fsp3) is 0.462. The van der Waals surface area contributed by atoms with Crippen LogP contribution in [-0.2, 0) is 17.9 Å². The summed E-state index contributed by atoms with van der Waals surface area (Å²) < 4.78 is 0. The number of amides is 1. The highest BCUT2D eigenvalue weighted by Gasteiger charge is 2.03. The highest BCUT2D eigenvalue weighted by molar-refractivity contribution is 5.85. The Balaban J connectivity index is 0.00000289. The third-order valence-corrected chi connectivity index (χ3v) is 2.60. The molecule has 0 heterocycles. The average molecular weight is 273 g/mol. The predicted molar refractivity (Wildman–Crippen MR) is 74.6 cm³/mol. The van der Waals surface area contributed by atoms with Crippen LogP contribution in [0.4, 0.5) is 0 Å². The fourth-order valence-electron chi connectivity index (χ4n) is 1.59. The minimum absolute atomic E-state index is 0. The predicted octanol–water partition coefficient (Wildman–Crippen LogP) is 1.22. The molecular weight excluding hydrogens is 252 g/mol. The number of nitrogens with one attached hydrogen (secondary N) is 2. The van der Waals surface area contributed by atoms with Crippen LogP contribution in [0.3, 0.4) is 0 Å². The van der Waals surface area contributed by atoms with E-state index in [1.165, 1.54) is 0 Å². The van der Waals surface area contributed by atoms with Crippen molar-refractivity contribution in [3.8, 4) is 0 Å². The molecule has 0 bridgehead atoms. The molecule has 0 unspecified atom stereocenters. The Morgan fingerprint density at radius 3 is 2.56 bits per heavy atom. The number of aliphatic hydroxyl groups excluding tert-OH is 1. The number of halogens is 1. The van der Waals surface area contributed by atoms with Crippen molar-refractivity contribution in [3.63, 3.8) is 0 Å². The Labute approximate surface area is 114 Å². The first-order valence-corrected chi connectivity index (χ1v) is 5.87. The third-order valence-electron chi connectivity index (χ3n) is 2.60. The van der Waals surface area contributed by atoms with Gasteiger partial charge < -0.3 is 15.7 Å². The largest absolute Gasteiger partial charge is 0.392 e. The van der Waals surface area contributed by atoms with Crippen LogP contribution < -0.4 is 10.6 Å². The summed E-state index contributed by atoms with van der Waals surface area (Å²) in [4.78, 5) is 11.5. The Hall–Kier alpha value is -1.10. The van der Waals surface area contributed by atoms with Crippen LogP contribution in [0.25, 0.3) is 0 Å². The van der Waals surface area contributed by atoms with Gasteiger partial charge in [-0.25, -0.2) is 0 Å². The van der Waals surface area contributed by atoms with Crippen molar-refractivity contribution in [3.05, 3.63) is 35.4 Å². The molecule has 1 aromatic rings. The van der Waals surface area contributed by atoms with Crippen LogP contribution >= 0.6 is 12.4 Å². The number of benzene rings is 1. The third kappa shape index (κ3) is 6.00. The molecule has 18 heavy (non-hydrogen) atoms. The molecule has 0 aliphatic rings. The Kier molecular flexibility index (Phi) is 9.28. The number of aliphatic hydroxyl groups is 1. The van der Waals surface area contributed by atoms with Crippen molar-refractivity contribution in [1.82, 2.24) is 10.6 Å². The monoisotopic (exact) mass is 272 g/mol. The van der Waals surface area contributed by atoms with E-state index in [-0.39, 0.29) is 24.9 Å². The summed E-state index contributed by atoms with van der Waals surface area (Å²) in [5, 5.41) is 15.0. The molecule has 0 aliphatic heterocycles. The molecule has 1 rings (SSSR count). The van der Waals surface area contributed by atoms with Gasteiger partial charge in [-0.3, -0.25) is 4.79 Å². The summed E-state index contributed by atoms with van der Waals surface area (Å²) in [5.74, 6) is 0.0491. The maximum atomic E-state index is 11.5. The molecule has 0 saturated heterocycles. The highest BCUT2D eigenvalue weighted by atomic mass is 35.5. The second-order valence-electron chi connectivity index (χ2n) is 3.91. The van der Waals surface area contributed by atoms with E-state index in [0.29, 0.717) is 13.0 Å². The zero-order chi connectivity index (χ0) is 12.5. The van der Waals surface area contributed by atoms with E-state index in [1.807, 2.05) is 31.3 Å². The van der Waals surface area contributed by atoms with E-state index in [0.717, 1.165) is 24.1 Å². The summed E-state index contributed by atoms with van der Waals surface area (Å²) in [7, 11) is 1.87. The van der Waals surface area contributed by atoms with Crippen molar-refractivity contribution in [1.29, 1.82) is 0 Å². The first kappa shape index (κ1) is 16.9. The quantitative estimate of drug-likeness (QED) is 0.654. The van der Waals surface area contributed by atoms with Crippen molar-refractivity contribution in [2.24, 2.45) is 0 Å². The summed E-state index contributed by atoms with van der Waals surface area (Å²) >= 11 is 0. The van der Waals surface area contributed by atoms with Gasteiger partial charge in [0.25, 0.3) is 0 Å². The Morgan fingerprint density at radius 1 is 1.28 bits per heavy atom. The van der Waals surface area contributed by atoms with Crippen molar-refractivity contribution >= 4 is 18.3 Å². The minimum Gasteiger partial charge on any atom is -0.392 e. The molecule has 0 saturated carbocycles. The Morgan fingerprint density at radius 2 is 1.94 bits per heavy atom. The molecule has 4 nitrogen and oxygen atoms in total. The standard InChI is InChI=1S/C13H20N2O2.ClH/c1-14-8-4-7-13(17)15-9-11-5-2-3-6-12(11)10-16;/h2-3,5-6,14,16H,4,7-10H2,1H3,(H,15,17);1H. The molecule has 0 atom stereocenters. The molecule has 0 aliphatic carbocycles. The lowest BCUT2D eigenvalue weighted by Crippen LogP contribution is -2.24. The lowest BCUT2D eigenvalue weighted by Gasteiger charge is -2.08. The molecule has 102 valence electrons. The van der Waals surface area contributed by atoms with Gasteiger partial charge >= 0.3 is 0 Å². The highest BCUT2D eigenvalue weighted by Crippen LogP contribution is 2.08. The first-order chi connectivity index (χ1) is 8.27. The SMILES string of the molecule is CNCCCC(=O)NCc1ccccc1CO.Cl. The number of hydrogen-bond donors (Lipinski definition) is 3. The summed E-state index contributed by atoms with van der Waals surface area (Å²) in [6.07, 6.45) is 1.37. The van der Waals surface area contributed by atoms with Crippen LogP contribution in [0.5, 0.6) is 0 Å². The average Bonchev–Trinajstić information content (AvgIpc) is 2.37. The minimum atomic E-state index is 0. The smallest absolute Gasteiger partial charge is 0.220 e. The number of carbonyl (C=O) groups is 1.